The van der Waals surface area contributed by atoms with Crippen LogP contribution in [0.4, 0.5) is 14.5 Å². The van der Waals surface area contributed by atoms with Gasteiger partial charge >= 0.3 is 0 Å². The molecule has 17 heavy (non-hydrogen) atoms. The number of nitrogens with zero attached hydrogens (tertiary/aromatic N) is 1. The van der Waals surface area contributed by atoms with Gasteiger partial charge in [0, 0.05) is 35.8 Å². The number of halogens is 2. The van der Waals surface area contributed by atoms with Crippen molar-refractivity contribution in [2.24, 2.45) is 0 Å². The summed E-state index contributed by atoms with van der Waals surface area (Å²) in [6.07, 6.45) is 0.747. The number of hydrogen-bond donors (Lipinski definition) is 1. The molecule has 1 aromatic carbocycles. The van der Waals surface area contributed by atoms with E-state index in [2.05, 4.69) is 10.3 Å². The molecule has 0 saturated heterocycles. The number of aryl methyl sites for hydroxylation is 1. The van der Waals surface area contributed by atoms with Crippen LogP contribution in [0.1, 0.15) is 10.7 Å². The van der Waals surface area contributed by atoms with E-state index in [0.29, 0.717) is 12.2 Å². The largest absolute Gasteiger partial charge is 0.384 e. The molecule has 0 atom stereocenters. The van der Waals surface area contributed by atoms with Gasteiger partial charge in [0.05, 0.1) is 5.01 Å². The Hall–Kier alpha value is -1.49. The van der Waals surface area contributed by atoms with Crippen LogP contribution in [0.25, 0.3) is 0 Å². The van der Waals surface area contributed by atoms with Gasteiger partial charge in [-0.25, -0.2) is 13.8 Å². The molecular formula is C12H12F2N2S. The average Bonchev–Trinajstić information content (AvgIpc) is 2.63. The Kier molecular flexibility index (Phi) is 3.68. The van der Waals surface area contributed by atoms with E-state index in [1.807, 2.05) is 12.3 Å². The molecule has 0 aliphatic rings. The molecule has 0 radical (unpaired) electrons. The molecule has 1 aromatic heterocycles. The van der Waals surface area contributed by atoms with Crippen molar-refractivity contribution in [3.05, 3.63) is 45.9 Å². The van der Waals surface area contributed by atoms with E-state index in [-0.39, 0.29) is 0 Å². The van der Waals surface area contributed by atoms with Gasteiger partial charge in [0.2, 0.25) is 0 Å². The summed E-state index contributed by atoms with van der Waals surface area (Å²) in [5.41, 5.74) is 1.46. The van der Waals surface area contributed by atoms with Crippen molar-refractivity contribution < 1.29 is 8.78 Å². The number of thiazole rings is 1. The van der Waals surface area contributed by atoms with Gasteiger partial charge in [-0.1, -0.05) is 0 Å². The van der Waals surface area contributed by atoms with Gasteiger partial charge < -0.3 is 5.32 Å². The van der Waals surface area contributed by atoms with E-state index >= 15 is 0 Å². The monoisotopic (exact) mass is 254 g/mol. The number of benzene rings is 1. The first kappa shape index (κ1) is 12.0. The second kappa shape index (κ2) is 5.23. The number of aromatic nitrogens is 1. The lowest BCUT2D eigenvalue weighted by Crippen LogP contribution is -2.05. The van der Waals surface area contributed by atoms with E-state index in [4.69, 9.17) is 0 Å². The molecule has 2 aromatic rings. The van der Waals surface area contributed by atoms with Crippen LogP contribution >= 0.6 is 11.3 Å². The highest BCUT2D eigenvalue weighted by atomic mass is 32.1. The van der Waals surface area contributed by atoms with Gasteiger partial charge in [-0.05, 0) is 19.1 Å². The van der Waals surface area contributed by atoms with E-state index in [9.17, 15) is 8.78 Å². The summed E-state index contributed by atoms with van der Waals surface area (Å²) in [7, 11) is 0. The van der Waals surface area contributed by atoms with Crippen molar-refractivity contribution in [1.82, 2.24) is 4.98 Å². The first-order chi connectivity index (χ1) is 8.13. The van der Waals surface area contributed by atoms with Crippen molar-refractivity contribution in [1.29, 1.82) is 0 Å². The zero-order valence-corrected chi connectivity index (χ0v) is 10.2. The van der Waals surface area contributed by atoms with Crippen LogP contribution < -0.4 is 5.32 Å². The summed E-state index contributed by atoms with van der Waals surface area (Å²) in [6.45, 7) is 2.55. The van der Waals surface area contributed by atoms with Gasteiger partial charge in [0.1, 0.15) is 11.6 Å². The highest BCUT2D eigenvalue weighted by Gasteiger charge is 2.01. The van der Waals surface area contributed by atoms with Crippen LogP contribution in [-0.4, -0.2) is 11.5 Å². The standard InChI is InChI=1S/C12H12F2N2S/c1-8-7-17-12(16-8)2-3-15-11-5-9(13)4-10(14)6-11/h4-7,15H,2-3H2,1H3. The van der Waals surface area contributed by atoms with Crippen molar-refractivity contribution in [2.45, 2.75) is 13.3 Å². The SMILES string of the molecule is Cc1csc(CCNc2cc(F)cc(F)c2)n1. The Morgan fingerprint density at radius 3 is 2.53 bits per heavy atom. The van der Waals surface area contributed by atoms with Crippen molar-refractivity contribution in [2.75, 3.05) is 11.9 Å². The molecule has 0 fully saturated rings. The zero-order valence-electron chi connectivity index (χ0n) is 9.34. The third-order valence-corrected chi connectivity index (χ3v) is 3.22. The highest BCUT2D eigenvalue weighted by Crippen LogP contribution is 2.14. The molecule has 0 aliphatic heterocycles. The Labute approximate surface area is 102 Å². The predicted octanol–water partition coefficient (Wildman–Crippen LogP) is 3.38. The lowest BCUT2D eigenvalue weighted by molar-refractivity contribution is 0.584. The van der Waals surface area contributed by atoms with Gasteiger partial charge in [-0.3, -0.25) is 0 Å². The Bertz CT molecular complexity index is 491. The van der Waals surface area contributed by atoms with Gasteiger partial charge in [-0.2, -0.15) is 0 Å². The van der Waals surface area contributed by atoms with Crippen LogP contribution in [0, 0.1) is 18.6 Å². The van der Waals surface area contributed by atoms with Crippen LogP contribution in [-0.2, 0) is 6.42 Å². The lowest BCUT2D eigenvalue weighted by atomic mass is 10.3. The molecule has 1 N–H and O–H groups in total. The Morgan fingerprint density at radius 2 is 1.94 bits per heavy atom. The van der Waals surface area contributed by atoms with Crippen molar-refractivity contribution in [3.8, 4) is 0 Å². The maximum absolute atomic E-state index is 12.9. The smallest absolute Gasteiger partial charge is 0.128 e. The normalized spacial score (nSPS) is 10.5. The third-order valence-electron chi connectivity index (χ3n) is 2.20. The number of rotatable bonds is 4. The molecular weight excluding hydrogens is 242 g/mol. The molecule has 0 bridgehead atoms. The number of hydrogen-bond acceptors (Lipinski definition) is 3. The molecule has 0 amide bonds. The maximum atomic E-state index is 12.9. The predicted molar refractivity (Wildman–Crippen MR) is 65.4 cm³/mol. The van der Waals surface area contributed by atoms with Crippen molar-refractivity contribution >= 4 is 17.0 Å². The first-order valence-corrected chi connectivity index (χ1v) is 6.12. The van der Waals surface area contributed by atoms with Crippen LogP contribution in [0.2, 0.25) is 0 Å². The van der Waals surface area contributed by atoms with Gasteiger partial charge in [0.25, 0.3) is 0 Å². The molecule has 2 rings (SSSR count). The minimum atomic E-state index is -0.572. The van der Waals surface area contributed by atoms with Crippen LogP contribution in [0.3, 0.4) is 0 Å². The second-order valence-electron chi connectivity index (χ2n) is 3.72. The minimum Gasteiger partial charge on any atom is -0.384 e. The van der Waals surface area contributed by atoms with E-state index in [0.717, 1.165) is 23.2 Å². The molecule has 0 spiro atoms. The first-order valence-electron chi connectivity index (χ1n) is 5.24. The molecule has 0 aliphatic carbocycles. The quantitative estimate of drug-likeness (QED) is 0.904. The molecule has 0 unspecified atom stereocenters. The summed E-state index contributed by atoms with van der Waals surface area (Å²) >= 11 is 1.59. The summed E-state index contributed by atoms with van der Waals surface area (Å²) in [5.74, 6) is -1.14. The van der Waals surface area contributed by atoms with E-state index < -0.39 is 11.6 Å². The van der Waals surface area contributed by atoms with Gasteiger partial charge in [0.15, 0.2) is 0 Å². The zero-order chi connectivity index (χ0) is 12.3. The fraction of sp³-hybridized carbons (Fsp3) is 0.250. The van der Waals surface area contributed by atoms with Crippen molar-refractivity contribution in [3.63, 3.8) is 0 Å². The summed E-state index contributed by atoms with van der Waals surface area (Å²) in [4.78, 5) is 4.31. The van der Waals surface area contributed by atoms with Crippen LogP contribution in [0.15, 0.2) is 23.6 Å². The Morgan fingerprint density at radius 1 is 1.24 bits per heavy atom. The molecule has 2 nitrogen and oxygen atoms in total. The average molecular weight is 254 g/mol. The lowest BCUT2D eigenvalue weighted by Gasteiger charge is -2.05. The second-order valence-corrected chi connectivity index (χ2v) is 4.66. The number of nitrogens with one attached hydrogen (secondary N) is 1. The van der Waals surface area contributed by atoms with E-state index in [1.165, 1.54) is 12.1 Å². The third kappa shape index (κ3) is 3.49. The minimum absolute atomic E-state index is 0.454. The summed E-state index contributed by atoms with van der Waals surface area (Å²) in [5, 5.41) is 5.97. The maximum Gasteiger partial charge on any atom is 0.128 e. The van der Waals surface area contributed by atoms with Gasteiger partial charge in [-0.15, -0.1) is 11.3 Å². The Balaban J connectivity index is 1.89. The fourth-order valence-electron chi connectivity index (χ4n) is 1.49. The summed E-state index contributed by atoms with van der Waals surface area (Å²) < 4.78 is 25.8. The highest BCUT2D eigenvalue weighted by molar-refractivity contribution is 7.09. The topological polar surface area (TPSA) is 24.9 Å². The fourth-order valence-corrected chi connectivity index (χ4v) is 2.26. The molecule has 0 saturated carbocycles. The summed E-state index contributed by atoms with van der Waals surface area (Å²) in [6, 6.07) is 3.40. The van der Waals surface area contributed by atoms with E-state index in [1.54, 1.807) is 11.3 Å². The van der Waals surface area contributed by atoms with Crippen LogP contribution in [0.5, 0.6) is 0 Å². The molecule has 1 heterocycles. The molecule has 5 heteroatoms. The number of anilines is 1. The molecule has 90 valence electrons.